The van der Waals surface area contributed by atoms with E-state index >= 15 is 0 Å². The first-order valence-electron chi connectivity index (χ1n) is 6.05. The van der Waals surface area contributed by atoms with Crippen molar-refractivity contribution in [3.05, 3.63) is 35.9 Å². The Bertz CT molecular complexity index is 637. The molecule has 1 aromatic carbocycles. The topological polar surface area (TPSA) is 63.2 Å². The lowest BCUT2D eigenvalue weighted by molar-refractivity contribution is -0.116. The zero-order chi connectivity index (χ0) is 16.8. The molecule has 0 saturated carbocycles. The van der Waals surface area contributed by atoms with Gasteiger partial charge in [-0.3, -0.25) is 4.79 Å². The first kappa shape index (κ1) is 18.6. The van der Waals surface area contributed by atoms with Crippen molar-refractivity contribution in [2.24, 2.45) is 0 Å². The quantitative estimate of drug-likeness (QED) is 0.630. The number of carbonyl (C=O) groups is 1. The van der Waals surface area contributed by atoms with Gasteiger partial charge in [-0.05, 0) is 35.5 Å². The molecule has 22 heavy (non-hydrogen) atoms. The van der Waals surface area contributed by atoms with Gasteiger partial charge in [0.25, 0.3) is 0 Å². The number of amides is 1. The Balaban J connectivity index is 2.50. The van der Waals surface area contributed by atoms with Crippen LogP contribution in [0.15, 0.2) is 35.2 Å². The van der Waals surface area contributed by atoms with E-state index in [-0.39, 0.29) is 29.0 Å². The number of benzene rings is 1. The Labute approximate surface area is 130 Å². The van der Waals surface area contributed by atoms with E-state index in [0.29, 0.717) is 5.56 Å². The molecule has 0 heterocycles. The van der Waals surface area contributed by atoms with Crippen molar-refractivity contribution in [2.75, 3.05) is 18.6 Å². The highest BCUT2D eigenvalue weighted by Crippen LogP contribution is 2.36. The van der Waals surface area contributed by atoms with E-state index in [1.807, 2.05) is 0 Å². The van der Waals surface area contributed by atoms with Crippen LogP contribution in [0, 0.1) is 0 Å². The van der Waals surface area contributed by atoms with E-state index in [2.05, 4.69) is 5.32 Å². The zero-order valence-electron chi connectivity index (χ0n) is 11.6. The Kier molecular flexibility index (Phi) is 6.48. The van der Waals surface area contributed by atoms with Crippen molar-refractivity contribution in [2.45, 2.75) is 10.4 Å². The molecule has 0 aliphatic heterocycles. The number of halogens is 3. The van der Waals surface area contributed by atoms with Gasteiger partial charge >= 0.3 is 5.51 Å². The Hall–Kier alpha value is -1.48. The van der Waals surface area contributed by atoms with Crippen LogP contribution in [-0.2, 0) is 14.6 Å². The molecular weight excluding hydrogens is 339 g/mol. The number of nitrogens with one attached hydrogen (secondary N) is 1. The third kappa shape index (κ3) is 8.73. The molecule has 0 saturated heterocycles. The van der Waals surface area contributed by atoms with Gasteiger partial charge in [-0.25, -0.2) is 8.42 Å². The molecule has 0 aliphatic rings. The molecule has 0 aliphatic carbocycles. The first-order chi connectivity index (χ1) is 10.1. The summed E-state index contributed by atoms with van der Waals surface area (Å²) in [6, 6.07) is 5.52. The average Bonchev–Trinajstić information content (AvgIpc) is 2.34. The zero-order valence-corrected chi connectivity index (χ0v) is 13.2. The fourth-order valence-electron chi connectivity index (χ4n) is 1.37. The van der Waals surface area contributed by atoms with Crippen LogP contribution in [0.5, 0.6) is 0 Å². The van der Waals surface area contributed by atoms with E-state index in [1.54, 1.807) is 0 Å². The molecule has 1 rings (SSSR count). The SMILES string of the molecule is CS(=O)(=O)CCNC(=O)/C=C/c1ccc(SC(F)(F)F)cc1. The van der Waals surface area contributed by atoms with E-state index in [4.69, 9.17) is 0 Å². The molecule has 4 nitrogen and oxygen atoms in total. The fourth-order valence-corrected chi connectivity index (χ4v) is 2.38. The Morgan fingerprint density at radius 1 is 1.27 bits per heavy atom. The molecule has 9 heteroatoms. The lowest BCUT2D eigenvalue weighted by atomic mass is 10.2. The van der Waals surface area contributed by atoms with Crippen LogP contribution in [0.1, 0.15) is 5.56 Å². The molecule has 0 fully saturated rings. The lowest BCUT2D eigenvalue weighted by Crippen LogP contribution is -2.27. The average molecular weight is 353 g/mol. The van der Waals surface area contributed by atoms with Crippen LogP contribution in [0.3, 0.4) is 0 Å². The van der Waals surface area contributed by atoms with Crippen molar-refractivity contribution >= 4 is 33.6 Å². The maximum atomic E-state index is 12.2. The van der Waals surface area contributed by atoms with Gasteiger partial charge in [-0.1, -0.05) is 12.1 Å². The Morgan fingerprint density at radius 3 is 2.36 bits per heavy atom. The highest BCUT2D eigenvalue weighted by atomic mass is 32.2. The predicted molar refractivity (Wildman–Crippen MR) is 80.1 cm³/mol. The van der Waals surface area contributed by atoms with Crippen molar-refractivity contribution < 1.29 is 26.4 Å². The monoisotopic (exact) mass is 353 g/mol. The van der Waals surface area contributed by atoms with Gasteiger partial charge in [0.2, 0.25) is 5.91 Å². The Morgan fingerprint density at radius 2 is 1.86 bits per heavy atom. The maximum Gasteiger partial charge on any atom is 0.446 e. The van der Waals surface area contributed by atoms with E-state index < -0.39 is 21.3 Å². The highest BCUT2D eigenvalue weighted by Gasteiger charge is 2.28. The van der Waals surface area contributed by atoms with Crippen molar-refractivity contribution in [3.8, 4) is 0 Å². The second kappa shape index (κ2) is 7.68. The van der Waals surface area contributed by atoms with Gasteiger partial charge in [-0.2, -0.15) is 13.2 Å². The molecule has 1 amide bonds. The van der Waals surface area contributed by atoms with Gasteiger partial charge in [0, 0.05) is 23.8 Å². The van der Waals surface area contributed by atoms with Gasteiger partial charge in [-0.15, -0.1) is 0 Å². The van der Waals surface area contributed by atoms with E-state index in [1.165, 1.54) is 36.4 Å². The first-order valence-corrected chi connectivity index (χ1v) is 8.92. The van der Waals surface area contributed by atoms with Gasteiger partial charge in [0.15, 0.2) is 0 Å². The highest BCUT2D eigenvalue weighted by molar-refractivity contribution is 8.00. The van der Waals surface area contributed by atoms with E-state index in [0.717, 1.165) is 6.26 Å². The number of hydrogen-bond acceptors (Lipinski definition) is 4. The number of carbonyl (C=O) groups excluding carboxylic acids is 1. The van der Waals surface area contributed by atoms with Crippen molar-refractivity contribution in [1.29, 1.82) is 0 Å². The summed E-state index contributed by atoms with van der Waals surface area (Å²) in [5.41, 5.74) is -3.78. The molecule has 0 radical (unpaired) electrons. The fraction of sp³-hybridized carbons (Fsp3) is 0.308. The van der Waals surface area contributed by atoms with Crippen LogP contribution in [0.2, 0.25) is 0 Å². The molecular formula is C13H14F3NO3S2. The number of sulfone groups is 1. The summed E-state index contributed by atoms with van der Waals surface area (Å²) in [7, 11) is -3.14. The minimum atomic E-state index is -4.34. The normalized spacial score (nSPS) is 12.5. The van der Waals surface area contributed by atoms with Gasteiger partial charge in [0.1, 0.15) is 9.84 Å². The van der Waals surface area contributed by atoms with Crippen LogP contribution in [0.25, 0.3) is 6.08 Å². The number of thioether (sulfide) groups is 1. The standard InChI is InChI=1S/C13H14F3NO3S2/c1-22(19,20)9-8-17-12(18)7-4-10-2-5-11(6-3-10)21-13(14,15)16/h2-7H,8-9H2,1H3,(H,17,18)/b7-4+. The number of rotatable bonds is 6. The summed E-state index contributed by atoms with van der Waals surface area (Å²) in [6.45, 7) is 0.00314. The summed E-state index contributed by atoms with van der Waals surface area (Å²) in [5, 5.41) is 2.39. The summed E-state index contributed by atoms with van der Waals surface area (Å²) >= 11 is -0.213. The van der Waals surface area contributed by atoms with Crippen LogP contribution in [-0.4, -0.2) is 38.4 Å². The molecule has 1 N–H and O–H groups in total. The molecule has 1 aromatic rings. The molecule has 0 bridgehead atoms. The number of alkyl halides is 3. The number of hydrogen-bond donors (Lipinski definition) is 1. The summed E-state index contributed by atoms with van der Waals surface area (Å²) in [6.07, 6.45) is 3.68. The molecule has 0 unspecified atom stereocenters. The molecule has 0 spiro atoms. The predicted octanol–water partition coefficient (Wildman–Crippen LogP) is 2.47. The van der Waals surface area contributed by atoms with E-state index in [9.17, 15) is 26.4 Å². The van der Waals surface area contributed by atoms with Crippen LogP contribution in [0.4, 0.5) is 13.2 Å². The molecule has 0 aromatic heterocycles. The lowest BCUT2D eigenvalue weighted by Gasteiger charge is -2.05. The van der Waals surface area contributed by atoms with Crippen LogP contribution < -0.4 is 5.32 Å². The maximum absolute atomic E-state index is 12.2. The second-order valence-corrected chi connectivity index (χ2v) is 7.77. The van der Waals surface area contributed by atoms with Gasteiger partial charge < -0.3 is 5.32 Å². The third-order valence-electron chi connectivity index (χ3n) is 2.31. The molecule has 0 atom stereocenters. The summed E-state index contributed by atoms with van der Waals surface area (Å²) in [5.74, 6) is -0.631. The molecule has 122 valence electrons. The summed E-state index contributed by atoms with van der Waals surface area (Å²) < 4.78 is 58.2. The van der Waals surface area contributed by atoms with Gasteiger partial charge in [0.05, 0.1) is 5.75 Å². The van der Waals surface area contributed by atoms with Crippen LogP contribution >= 0.6 is 11.8 Å². The minimum Gasteiger partial charge on any atom is -0.352 e. The third-order valence-corrected chi connectivity index (χ3v) is 4.00. The summed E-state index contributed by atoms with van der Waals surface area (Å²) in [4.78, 5) is 11.5. The largest absolute Gasteiger partial charge is 0.446 e. The second-order valence-electron chi connectivity index (χ2n) is 4.37. The smallest absolute Gasteiger partial charge is 0.352 e. The van der Waals surface area contributed by atoms with Crippen molar-refractivity contribution in [3.63, 3.8) is 0 Å². The van der Waals surface area contributed by atoms with Crippen molar-refractivity contribution in [1.82, 2.24) is 5.32 Å². The minimum absolute atomic E-state index is 0.00314.